The van der Waals surface area contributed by atoms with Gasteiger partial charge in [0, 0.05) is 0 Å². The van der Waals surface area contributed by atoms with Crippen molar-refractivity contribution in [2.45, 2.75) is 20.8 Å². The van der Waals surface area contributed by atoms with Gasteiger partial charge in [0.2, 0.25) is 0 Å². The average molecular weight is 359 g/mol. The van der Waals surface area contributed by atoms with E-state index in [1.54, 1.807) is 0 Å². The zero-order chi connectivity index (χ0) is 7.71. The normalized spacial score (nSPS) is 13.1. The molecule has 0 amide bonds. The fourth-order valence-corrected chi connectivity index (χ4v) is 8.53. The molecule has 0 saturated carbocycles. The Morgan fingerprint density at radius 3 is 1.44 bits per heavy atom. The van der Waals surface area contributed by atoms with Gasteiger partial charge in [0.05, 0.1) is 0 Å². The quantitative estimate of drug-likeness (QED) is 0.620. The van der Waals surface area contributed by atoms with Crippen LogP contribution in [0.15, 0.2) is 0 Å². The van der Waals surface area contributed by atoms with Crippen molar-refractivity contribution in [1.82, 2.24) is 0 Å². The van der Waals surface area contributed by atoms with Crippen molar-refractivity contribution in [2.24, 2.45) is 5.41 Å². The van der Waals surface area contributed by atoms with E-state index in [0.29, 0.717) is 0 Å². The standard InChI is InChI=1S/C5H9.3ClH.W/c1-5(2,3)4;;;;/h1-3H3;3*1H;/q;;;;+3/p-3. The Hall–Kier alpha value is 1.34. The molecule has 0 heterocycles. The van der Waals surface area contributed by atoms with Crippen molar-refractivity contribution >= 4 is 28.3 Å². The van der Waals surface area contributed by atoms with E-state index in [4.69, 9.17) is 28.3 Å². The summed E-state index contributed by atoms with van der Waals surface area (Å²) in [5, 5.41) is 0. The van der Waals surface area contributed by atoms with Gasteiger partial charge in [-0.2, -0.15) is 0 Å². The van der Waals surface area contributed by atoms with Crippen LogP contribution in [0.2, 0.25) is 0 Å². The summed E-state index contributed by atoms with van der Waals surface area (Å²) < 4.78 is 2.96. The molecule has 0 unspecified atom stereocenters. The maximum atomic E-state index is 5.65. The van der Waals surface area contributed by atoms with Crippen molar-refractivity contribution in [3.8, 4) is 4.20 Å². The molecule has 0 aromatic heterocycles. The van der Waals surface area contributed by atoms with Crippen LogP contribution in [0.1, 0.15) is 20.8 Å². The monoisotopic (exact) mass is 358 g/mol. The second-order valence-corrected chi connectivity index (χ2v) is 21.7. The summed E-state index contributed by atoms with van der Waals surface area (Å²) >= 11 is -3.26. The molecular weight excluding hydrogens is 350 g/mol. The zero-order valence-corrected chi connectivity index (χ0v) is 10.7. The predicted octanol–water partition coefficient (Wildman–Crippen LogP) is 3.61. The number of rotatable bonds is 0. The molecule has 0 aliphatic heterocycles. The van der Waals surface area contributed by atoms with E-state index in [1.165, 1.54) is 0 Å². The molecule has 0 fully saturated rings. The van der Waals surface area contributed by atoms with Crippen molar-refractivity contribution < 1.29 is 12.3 Å². The molecule has 0 aliphatic carbocycles. The molecule has 0 spiro atoms. The van der Waals surface area contributed by atoms with Gasteiger partial charge in [-0.05, 0) is 0 Å². The Labute approximate surface area is 70.6 Å². The summed E-state index contributed by atoms with van der Waals surface area (Å²) in [5.41, 5.74) is -0.0689. The van der Waals surface area contributed by atoms with Crippen molar-refractivity contribution in [2.75, 3.05) is 0 Å². The van der Waals surface area contributed by atoms with Gasteiger partial charge in [0.25, 0.3) is 0 Å². The van der Waals surface area contributed by atoms with Crippen LogP contribution >= 0.6 is 28.3 Å². The van der Waals surface area contributed by atoms with Crippen LogP contribution in [-0.2, 0) is 12.3 Å². The molecule has 0 aromatic carbocycles. The number of hydrogen-bond donors (Lipinski definition) is 0. The topological polar surface area (TPSA) is 0 Å². The molecular formula is C5H9Cl3W. The molecule has 0 saturated heterocycles. The summed E-state index contributed by atoms with van der Waals surface area (Å²) in [4.78, 5) is 0. The van der Waals surface area contributed by atoms with Crippen LogP contribution < -0.4 is 0 Å². The van der Waals surface area contributed by atoms with Crippen LogP contribution in [0.4, 0.5) is 0 Å². The molecule has 0 rings (SSSR count). The first-order valence-electron chi connectivity index (χ1n) is 2.42. The molecule has 0 atom stereocenters. The predicted molar refractivity (Wildman–Crippen MR) is 40.9 cm³/mol. The summed E-state index contributed by atoms with van der Waals surface area (Å²) in [5.74, 6) is 0. The van der Waals surface area contributed by atoms with Crippen LogP contribution in [0, 0.1) is 9.62 Å². The van der Waals surface area contributed by atoms with Crippen LogP contribution in [0.5, 0.6) is 0 Å². The van der Waals surface area contributed by atoms with Gasteiger partial charge in [-0.15, -0.1) is 0 Å². The van der Waals surface area contributed by atoms with E-state index in [9.17, 15) is 0 Å². The Bertz CT molecular complexity index is 180. The van der Waals surface area contributed by atoms with Gasteiger partial charge in [-0.3, -0.25) is 0 Å². The fraction of sp³-hybridized carbons (Fsp3) is 0.800. The van der Waals surface area contributed by atoms with Gasteiger partial charge in [-0.25, -0.2) is 0 Å². The first kappa shape index (κ1) is 10.3. The molecule has 0 aliphatic rings. The first-order chi connectivity index (χ1) is 3.71. The van der Waals surface area contributed by atoms with Crippen molar-refractivity contribution in [3.63, 3.8) is 0 Å². The van der Waals surface area contributed by atoms with E-state index in [-0.39, 0.29) is 5.41 Å². The molecule has 9 heavy (non-hydrogen) atoms. The van der Waals surface area contributed by atoms with Gasteiger partial charge >= 0.3 is 70.9 Å². The zero-order valence-electron chi connectivity index (χ0n) is 5.54. The molecule has 0 nitrogen and oxygen atoms in total. The fourth-order valence-electron chi connectivity index (χ4n) is 0.347. The van der Waals surface area contributed by atoms with E-state index < -0.39 is 12.3 Å². The molecule has 0 bridgehead atoms. The van der Waals surface area contributed by atoms with Crippen molar-refractivity contribution in [3.05, 3.63) is 0 Å². The first-order valence-corrected chi connectivity index (χ1v) is 14.8. The van der Waals surface area contributed by atoms with E-state index in [0.717, 1.165) is 0 Å². The van der Waals surface area contributed by atoms with Crippen LogP contribution in [0.25, 0.3) is 0 Å². The van der Waals surface area contributed by atoms with Crippen LogP contribution in [0.3, 0.4) is 0 Å². The van der Waals surface area contributed by atoms with E-state index in [2.05, 4.69) is 4.20 Å². The Morgan fingerprint density at radius 2 is 1.44 bits per heavy atom. The van der Waals surface area contributed by atoms with Gasteiger partial charge < -0.3 is 0 Å². The maximum absolute atomic E-state index is 5.65. The minimum absolute atomic E-state index is 0.0689. The minimum atomic E-state index is -3.26. The van der Waals surface area contributed by atoms with Crippen molar-refractivity contribution in [1.29, 1.82) is 0 Å². The van der Waals surface area contributed by atoms with Crippen LogP contribution in [-0.4, -0.2) is 0 Å². The number of hydrogen-bond acceptors (Lipinski definition) is 0. The SMILES string of the molecule is CC(C)(C)[C]#[W]([Cl])([Cl])[Cl]. The summed E-state index contributed by atoms with van der Waals surface area (Å²) in [6.45, 7) is 5.93. The van der Waals surface area contributed by atoms with Gasteiger partial charge in [0.15, 0.2) is 0 Å². The summed E-state index contributed by atoms with van der Waals surface area (Å²) in [6, 6.07) is 0. The summed E-state index contributed by atoms with van der Waals surface area (Å²) in [6.07, 6.45) is 0. The third-order valence-corrected chi connectivity index (χ3v) is 5.35. The summed E-state index contributed by atoms with van der Waals surface area (Å²) in [7, 11) is 16.9. The third kappa shape index (κ3) is 9.34. The Kier molecular flexibility index (Phi) is 3.63. The Morgan fingerprint density at radius 1 is 1.11 bits per heavy atom. The molecule has 0 N–H and O–H groups in total. The van der Waals surface area contributed by atoms with E-state index >= 15 is 0 Å². The Balaban J connectivity index is 4.55. The molecule has 4 heteroatoms. The van der Waals surface area contributed by atoms with Gasteiger partial charge in [-0.1, -0.05) is 0 Å². The van der Waals surface area contributed by atoms with E-state index in [1.807, 2.05) is 20.8 Å². The molecule has 0 aromatic rings. The van der Waals surface area contributed by atoms with Gasteiger partial charge in [0.1, 0.15) is 0 Å². The second-order valence-electron chi connectivity index (χ2n) is 2.76. The molecule has 56 valence electrons. The second kappa shape index (κ2) is 3.16. The average Bonchev–Trinajstić information content (AvgIpc) is 1.14. The molecule has 0 radical (unpaired) electrons. The number of halogens is 3. The third-order valence-electron chi connectivity index (χ3n) is 0.422.